The van der Waals surface area contributed by atoms with Crippen LogP contribution in [0.5, 0.6) is 0 Å². The van der Waals surface area contributed by atoms with Gasteiger partial charge in [0, 0.05) is 25.3 Å². The van der Waals surface area contributed by atoms with E-state index in [2.05, 4.69) is 0 Å². The molecule has 7 heteroatoms. The Morgan fingerprint density at radius 3 is 2.79 bits per heavy atom. The zero-order valence-electron chi connectivity index (χ0n) is 13.8. The van der Waals surface area contributed by atoms with Gasteiger partial charge in [-0.3, -0.25) is 14.7 Å². The van der Waals surface area contributed by atoms with E-state index in [1.165, 1.54) is 24.3 Å². The summed E-state index contributed by atoms with van der Waals surface area (Å²) >= 11 is 11.8. The smallest absolute Gasteiger partial charge is 0.187 e. The van der Waals surface area contributed by atoms with E-state index in [9.17, 15) is 4.79 Å². The van der Waals surface area contributed by atoms with Crippen LogP contribution in [0.3, 0.4) is 0 Å². The van der Waals surface area contributed by atoms with E-state index in [1.807, 2.05) is 0 Å². The number of hydrogen-bond donors (Lipinski definition) is 0. The minimum absolute atomic E-state index is 0.208. The Kier molecular flexibility index (Phi) is 7.52. The van der Waals surface area contributed by atoms with Crippen molar-refractivity contribution in [3.05, 3.63) is 45.6 Å². The molecule has 1 unspecified atom stereocenters. The number of carbonyl (C=O) groups is 1. The largest absolute Gasteiger partial charge is 0.353 e. The third-order valence-corrected chi connectivity index (χ3v) is 4.47. The molecule has 0 amide bonds. The topological polar surface area (TPSA) is 48.0 Å². The highest BCUT2D eigenvalue weighted by Crippen LogP contribution is 2.23. The molecule has 0 radical (unpaired) electrons. The number of ether oxygens (including phenoxy) is 2. The highest BCUT2D eigenvalue weighted by Gasteiger charge is 2.17. The van der Waals surface area contributed by atoms with Crippen LogP contribution in [0.4, 0.5) is 0 Å². The number of carbonyl (C=O) groups excluding carboxylic acids is 1. The summed E-state index contributed by atoms with van der Waals surface area (Å²) in [6.45, 7) is 0.911. The van der Waals surface area contributed by atoms with Crippen LogP contribution in [0.15, 0.2) is 30.0 Å². The van der Waals surface area contributed by atoms with Crippen LogP contribution in [0.2, 0.25) is 10.0 Å². The van der Waals surface area contributed by atoms with Crippen LogP contribution in [-0.2, 0) is 14.3 Å². The molecule has 2 rings (SSSR count). The summed E-state index contributed by atoms with van der Waals surface area (Å²) in [5, 5.41) is 2.23. The molecule has 1 heterocycles. The van der Waals surface area contributed by atoms with Gasteiger partial charge in [-0.05, 0) is 37.5 Å². The molecule has 5 nitrogen and oxygen atoms in total. The molecule has 1 saturated heterocycles. The molecule has 0 aliphatic carbocycles. The molecule has 1 atom stereocenters. The van der Waals surface area contributed by atoms with Crippen molar-refractivity contribution in [1.29, 1.82) is 0 Å². The number of nitrogens with zero attached hydrogens (tertiary/aromatic N) is 1. The molecular weight excluding hydrogens is 353 g/mol. The van der Waals surface area contributed by atoms with Crippen LogP contribution < -0.4 is 0 Å². The van der Waals surface area contributed by atoms with Crippen molar-refractivity contribution in [2.24, 2.45) is 0 Å². The predicted molar refractivity (Wildman–Crippen MR) is 93.2 cm³/mol. The first-order chi connectivity index (χ1) is 11.5. The maximum absolute atomic E-state index is 12.4. The van der Waals surface area contributed by atoms with Crippen LogP contribution in [0.25, 0.3) is 0 Å². The number of ketones is 1. The number of hydrogen-bond acceptors (Lipinski definition) is 5. The number of allylic oxidation sites excluding steroid dienone is 1. The third kappa shape index (κ3) is 5.46. The Balaban J connectivity index is 2.08. The molecule has 0 aromatic heterocycles. The standard InChI is InChI=1S/C17H21Cl2NO4/c1-20(22-2)13(11-24-17-5-3-4-8-23-17)10-16(21)12-6-7-14(18)15(19)9-12/h6-7,9-10,17H,3-5,8,11H2,1-2H3. The normalized spacial score (nSPS) is 18.5. The van der Waals surface area contributed by atoms with Gasteiger partial charge in [0.2, 0.25) is 0 Å². The van der Waals surface area contributed by atoms with Gasteiger partial charge in [-0.25, -0.2) is 0 Å². The highest BCUT2D eigenvalue weighted by molar-refractivity contribution is 6.42. The Morgan fingerprint density at radius 2 is 2.17 bits per heavy atom. The Hall–Kier alpha value is -1.11. The second-order valence-electron chi connectivity index (χ2n) is 5.42. The van der Waals surface area contributed by atoms with E-state index in [4.69, 9.17) is 37.5 Å². The van der Waals surface area contributed by atoms with Crippen molar-refractivity contribution < 1.29 is 19.1 Å². The van der Waals surface area contributed by atoms with Crippen molar-refractivity contribution in [3.8, 4) is 0 Å². The van der Waals surface area contributed by atoms with Gasteiger partial charge >= 0.3 is 0 Å². The summed E-state index contributed by atoms with van der Waals surface area (Å²) in [5.41, 5.74) is 1.03. The zero-order chi connectivity index (χ0) is 17.5. The molecule has 0 spiro atoms. The van der Waals surface area contributed by atoms with E-state index in [0.717, 1.165) is 19.3 Å². The lowest BCUT2D eigenvalue weighted by Gasteiger charge is -2.25. The van der Waals surface area contributed by atoms with E-state index >= 15 is 0 Å². The second kappa shape index (κ2) is 9.39. The third-order valence-electron chi connectivity index (χ3n) is 3.74. The molecule has 1 aromatic carbocycles. The molecule has 24 heavy (non-hydrogen) atoms. The van der Waals surface area contributed by atoms with E-state index < -0.39 is 0 Å². The van der Waals surface area contributed by atoms with Gasteiger partial charge in [0.25, 0.3) is 0 Å². The SMILES string of the molecule is CON(C)C(=CC(=O)c1ccc(Cl)c(Cl)c1)COC1CCCCO1. The Morgan fingerprint density at radius 1 is 1.38 bits per heavy atom. The molecule has 0 bridgehead atoms. The number of benzene rings is 1. The maximum atomic E-state index is 12.4. The number of rotatable bonds is 7. The van der Waals surface area contributed by atoms with Gasteiger partial charge in [0.15, 0.2) is 12.1 Å². The fourth-order valence-corrected chi connectivity index (χ4v) is 2.54. The summed E-state index contributed by atoms with van der Waals surface area (Å²) in [7, 11) is 3.23. The average molecular weight is 374 g/mol. The number of halogens is 2. The summed E-state index contributed by atoms with van der Waals surface area (Å²) in [4.78, 5) is 17.6. The van der Waals surface area contributed by atoms with Gasteiger partial charge in [-0.15, -0.1) is 0 Å². The van der Waals surface area contributed by atoms with E-state index in [-0.39, 0.29) is 18.7 Å². The summed E-state index contributed by atoms with van der Waals surface area (Å²) in [6.07, 6.45) is 4.20. The lowest BCUT2D eigenvalue weighted by Crippen LogP contribution is -2.27. The predicted octanol–water partition coefficient (Wildman–Crippen LogP) is 4.10. The Labute approximate surface area is 152 Å². The quantitative estimate of drug-likeness (QED) is 0.409. The lowest BCUT2D eigenvalue weighted by molar-refractivity contribution is -0.168. The minimum Gasteiger partial charge on any atom is -0.353 e. The average Bonchev–Trinajstić information content (AvgIpc) is 2.60. The first-order valence-electron chi connectivity index (χ1n) is 7.72. The molecule has 1 aliphatic heterocycles. The molecule has 1 aliphatic rings. The summed E-state index contributed by atoms with van der Waals surface area (Å²) < 4.78 is 11.3. The maximum Gasteiger partial charge on any atom is 0.187 e. The Bertz CT molecular complexity index is 600. The van der Waals surface area contributed by atoms with Gasteiger partial charge in [0.05, 0.1) is 29.5 Å². The van der Waals surface area contributed by atoms with Crippen molar-refractivity contribution in [3.63, 3.8) is 0 Å². The van der Waals surface area contributed by atoms with Crippen LogP contribution in [0.1, 0.15) is 29.6 Å². The van der Waals surface area contributed by atoms with Gasteiger partial charge in [0.1, 0.15) is 0 Å². The number of likely N-dealkylation sites (N-methyl/N-ethyl adjacent to an activating group) is 1. The lowest BCUT2D eigenvalue weighted by atomic mass is 10.1. The van der Waals surface area contributed by atoms with Crippen LogP contribution in [0, 0.1) is 0 Å². The van der Waals surface area contributed by atoms with E-state index in [1.54, 1.807) is 19.2 Å². The monoisotopic (exact) mass is 373 g/mol. The summed E-state index contributed by atoms with van der Waals surface area (Å²) in [6, 6.07) is 4.76. The first-order valence-corrected chi connectivity index (χ1v) is 8.48. The fraction of sp³-hybridized carbons (Fsp3) is 0.471. The molecule has 1 fully saturated rings. The van der Waals surface area contributed by atoms with Crippen molar-refractivity contribution in [2.75, 3.05) is 27.4 Å². The van der Waals surface area contributed by atoms with Gasteiger partial charge < -0.3 is 9.47 Å². The van der Waals surface area contributed by atoms with E-state index in [0.29, 0.717) is 27.9 Å². The van der Waals surface area contributed by atoms with Crippen molar-refractivity contribution >= 4 is 29.0 Å². The van der Waals surface area contributed by atoms with Crippen molar-refractivity contribution in [2.45, 2.75) is 25.6 Å². The minimum atomic E-state index is -0.243. The molecule has 1 aromatic rings. The molecule has 0 N–H and O–H groups in total. The van der Waals surface area contributed by atoms with Crippen LogP contribution in [-0.4, -0.2) is 44.5 Å². The summed E-state index contributed by atoms with van der Waals surface area (Å²) in [5.74, 6) is -0.208. The van der Waals surface area contributed by atoms with Gasteiger partial charge in [-0.1, -0.05) is 23.2 Å². The van der Waals surface area contributed by atoms with Crippen molar-refractivity contribution in [1.82, 2.24) is 5.06 Å². The van der Waals surface area contributed by atoms with Gasteiger partial charge in [-0.2, -0.15) is 0 Å². The second-order valence-corrected chi connectivity index (χ2v) is 6.23. The fourth-order valence-electron chi connectivity index (χ4n) is 2.25. The van der Waals surface area contributed by atoms with Crippen LogP contribution >= 0.6 is 23.2 Å². The number of hydroxylamine groups is 2. The first kappa shape index (κ1) is 19.2. The molecular formula is C17H21Cl2NO4. The zero-order valence-corrected chi connectivity index (χ0v) is 15.3. The molecule has 0 saturated carbocycles. The molecule has 132 valence electrons. The highest BCUT2D eigenvalue weighted by atomic mass is 35.5.